The zero-order valence-electron chi connectivity index (χ0n) is 16.8. The standard InChI is InChI=1S/C23H26FN3O2S/c24-20-9-11-21(12-10-20)27-17-15-26(16-18-27)14-4-13-25-30(28,29)23-8-3-6-19-5-1-2-7-22(19)23/h1-3,5-12,25H,4,13-18H2. The molecule has 0 radical (unpaired) electrons. The van der Waals surface area contributed by atoms with E-state index in [1.54, 1.807) is 12.1 Å². The highest BCUT2D eigenvalue weighted by atomic mass is 32.2. The van der Waals surface area contributed by atoms with Gasteiger partial charge < -0.3 is 4.90 Å². The van der Waals surface area contributed by atoms with E-state index in [0.717, 1.165) is 55.6 Å². The number of benzene rings is 3. The predicted molar refractivity (Wildman–Crippen MR) is 119 cm³/mol. The molecule has 1 aliphatic heterocycles. The van der Waals surface area contributed by atoms with Gasteiger partial charge in [-0.1, -0.05) is 36.4 Å². The number of hydrogen-bond acceptors (Lipinski definition) is 4. The van der Waals surface area contributed by atoms with E-state index in [9.17, 15) is 12.8 Å². The first-order valence-electron chi connectivity index (χ1n) is 10.2. The minimum absolute atomic E-state index is 0.219. The zero-order valence-corrected chi connectivity index (χ0v) is 17.6. The Morgan fingerprint density at radius 3 is 2.33 bits per heavy atom. The molecule has 1 fully saturated rings. The summed E-state index contributed by atoms with van der Waals surface area (Å²) in [6, 6.07) is 19.5. The van der Waals surface area contributed by atoms with Gasteiger partial charge in [0.25, 0.3) is 0 Å². The van der Waals surface area contributed by atoms with Crippen molar-refractivity contribution in [1.82, 2.24) is 9.62 Å². The van der Waals surface area contributed by atoms with Crippen molar-refractivity contribution in [2.24, 2.45) is 0 Å². The average molecular weight is 428 g/mol. The summed E-state index contributed by atoms with van der Waals surface area (Å²) in [6.45, 7) is 4.83. The van der Waals surface area contributed by atoms with Gasteiger partial charge in [-0.25, -0.2) is 17.5 Å². The first-order valence-corrected chi connectivity index (χ1v) is 11.7. The number of nitrogens with one attached hydrogen (secondary N) is 1. The number of piperazine rings is 1. The van der Waals surface area contributed by atoms with Gasteiger partial charge in [0.2, 0.25) is 10.0 Å². The number of halogens is 1. The monoisotopic (exact) mass is 427 g/mol. The van der Waals surface area contributed by atoms with Crippen LogP contribution in [0.15, 0.2) is 71.6 Å². The molecule has 0 aromatic heterocycles. The van der Waals surface area contributed by atoms with Crippen LogP contribution in [0.3, 0.4) is 0 Å². The Bertz CT molecular complexity index is 1090. The number of fused-ring (bicyclic) bond motifs is 1. The van der Waals surface area contributed by atoms with Gasteiger partial charge in [-0.05, 0) is 48.7 Å². The second-order valence-electron chi connectivity index (χ2n) is 7.53. The molecular formula is C23H26FN3O2S. The van der Waals surface area contributed by atoms with Crippen LogP contribution in [-0.4, -0.2) is 52.6 Å². The molecule has 0 unspecified atom stereocenters. The summed E-state index contributed by atoms with van der Waals surface area (Å²) in [5, 5.41) is 1.66. The molecule has 0 amide bonds. The van der Waals surface area contributed by atoms with Gasteiger partial charge in [0, 0.05) is 43.8 Å². The highest BCUT2D eigenvalue weighted by Gasteiger charge is 2.19. The molecule has 0 aliphatic carbocycles. The van der Waals surface area contributed by atoms with E-state index >= 15 is 0 Å². The molecule has 0 bridgehead atoms. The number of nitrogens with zero attached hydrogens (tertiary/aromatic N) is 2. The number of anilines is 1. The molecule has 0 spiro atoms. The summed E-state index contributed by atoms with van der Waals surface area (Å²) >= 11 is 0. The summed E-state index contributed by atoms with van der Waals surface area (Å²) < 4.78 is 41.4. The highest BCUT2D eigenvalue weighted by Crippen LogP contribution is 2.22. The maximum atomic E-state index is 13.1. The van der Waals surface area contributed by atoms with Crippen molar-refractivity contribution in [3.05, 3.63) is 72.5 Å². The lowest BCUT2D eigenvalue weighted by molar-refractivity contribution is 0.255. The van der Waals surface area contributed by atoms with Crippen molar-refractivity contribution in [1.29, 1.82) is 0 Å². The quantitative estimate of drug-likeness (QED) is 0.587. The molecule has 1 N–H and O–H groups in total. The van der Waals surface area contributed by atoms with Crippen molar-refractivity contribution in [3.8, 4) is 0 Å². The topological polar surface area (TPSA) is 52.7 Å². The minimum Gasteiger partial charge on any atom is -0.369 e. The maximum absolute atomic E-state index is 13.1. The largest absolute Gasteiger partial charge is 0.369 e. The lowest BCUT2D eigenvalue weighted by Crippen LogP contribution is -2.47. The maximum Gasteiger partial charge on any atom is 0.241 e. The van der Waals surface area contributed by atoms with Crippen molar-refractivity contribution >= 4 is 26.5 Å². The Labute approximate surface area is 177 Å². The van der Waals surface area contributed by atoms with E-state index < -0.39 is 10.0 Å². The third-order valence-corrected chi connectivity index (χ3v) is 7.07. The van der Waals surface area contributed by atoms with Crippen LogP contribution in [0, 0.1) is 5.82 Å². The third kappa shape index (κ3) is 4.80. The van der Waals surface area contributed by atoms with Crippen molar-refractivity contribution in [2.75, 3.05) is 44.2 Å². The molecule has 1 saturated heterocycles. The molecule has 0 saturated carbocycles. The van der Waals surface area contributed by atoms with Crippen LogP contribution in [0.25, 0.3) is 10.8 Å². The summed E-state index contributed by atoms with van der Waals surface area (Å²) in [5.74, 6) is -0.219. The van der Waals surface area contributed by atoms with Crippen molar-refractivity contribution in [2.45, 2.75) is 11.3 Å². The molecule has 3 aromatic rings. The van der Waals surface area contributed by atoms with Gasteiger partial charge in [-0.3, -0.25) is 4.90 Å². The van der Waals surface area contributed by atoms with E-state index in [-0.39, 0.29) is 5.82 Å². The third-order valence-electron chi connectivity index (χ3n) is 5.55. The van der Waals surface area contributed by atoms with E-state index in [2.05, 4.69) is 14.5 Å². The molecule has 3 aromatic carbocycles. The molecule has 7 heteroatoms. The molecule has 5 nitrogen and oxygen atoms in total. The van der Waals surface area contributed by atoms with Gasteiger partial charge in [0.1, 0.15) is 5.82 Å². The molecule has 1 aliphatic rings. The lowest BCUT2D eigenvalue weighted by Gasteiger charge is -2.36. The Morgan fingerprint density at radius 1 is 0.867 bits per heavy atom. The van der Waals surface area contributed by atoms with Gasteiger partial charge in [-0.2, -0.15) is 0 Å². The molecule has 4 rings (SSSR count). The molecule has 0 atom stereocenters. The molecule has 1 heterocycles. The fourth-order valence-corrected chi connectivity index (χ4v) is 5.20. The average Bonchev–Trinajstić information content (AvgIpc) is 2.77. The summed E-state index contributed by atoms with van der Waals surface area (Å²) in [7, 11) is -3.55. The SMILES string of the molecule is O=S(=O)(NCCCN1CCN(c2ccc(F)cc2)CC1)c1cccc2ccccc12. The summed E-state index contributed by atoms with van der Waals surface area (Å²) in [5.41, 5.74) is 1.04. The van der Waals surface area contributed by atoms with Gasteiger partial charge in [0.05, 0.1) is 4.90 Å². The van der Waals surface area contributed by atoms with E-state index in [0.29, 0.717) is 11.4 Å². The fraction of sp³-hybridized carbons (Fsp3) is 0.304. The minimum atomic E-state index is -3.55. The lowest BCUT2D eigenvalue weighted by atomic mass is 10.1. The highest BCUT2D eigenvalue weighted by molar-refractivity contribution is 7.89. The smallest absolute Gasteiger partial charge is 0.241 e. The number of rotatable bonds is 7. The normalized spacial score (nSPS) is 15.6. The number of hydrogen-bond donors (Lipinski definition) is 1. The molecule has 30 heavy (non-hydrogen) atoms. The Kier molecular flexibility index (Phi) is 6.32. The molecular weight excluding hydrogens is 401 g/mol. The van der Waals surface area contributed by atoms with Crippen molar-refractivity contribution < 1.29 is 12.8 Å². The van der Waals surface area contributed by atoms with E-state index in [1.165, 1.54) is 12.1 Å². The first kappa shape index (κ1) is 20.8. The Hall–Kier alpha value is -2.48. The van der Waals surface area contributed by atoms with E-state index in [4.69, 9.17) is 0 Å². The molecule has 158 valence electrons. The van der Waals surface area contributed by atoms with Gasteiger partial charge in [-0.15, -0.1) is 0 Å². The van der Waals surface area contributed by atoms with Crippen LogP contribution >= 0.6 is 0 Å². The zero-order chi connectivity index (χ0) is 21.0. The van der Waals surface area contributed by atoms with Crippen LogP contribution in [0.2, 0.25) is 0 Å². The van der Waals surface area contributed by atoms with Crippen LogP contribution in [0.5, 0.6) is 0 Å². The Balaban J connectivity index is 1.26. The van der Waals surface area contributed by atoms with Crippen molar-refractivity contribution in [3.63, 3.8) is 0 Å². The van der Waals surface area contributed by atoms with Crippen LogP contribution < -0.4 is 9.62 Å². The van der Waals surface area contributed by atoms with Crippen LogP contribution in [0.4, 0.5) is 10.1 Å². The Morgan fingerprint density at radius 2 is 1.57 bits per heavy atom. The van der Waals surface area contributed by atoms with Crippen LogP contribution in [-0.2, 0) is 10.0 Å². The van der Waals surface area contributed by atoms with Crippen LogP contribution in [0.1, 0.15) is 6.42 Å². The first-order chi connectivity index (χ1) is 14.5. The second-order valence-corrected chi connectivity index (χ2v) is 9.27. The predicted octanol–water partition coefficient (Wildman–Crippen LogP) is 3.47. The summed E-state index contributed by atoms with van der Waals surface area (Å²) in [6.07, 6.45) is 0.751. The summed E-state index contributed by atoms with van der Waals surface area (Å²) in [4.78, 5) is 4.92. The van der Waals surface area contributed by atoms with Gasteiger partial charge >= 0.3 is 0 Å². The number of sulfonamides is 1. The van der Waals surface area contributed by atoms with Gasteiger partial charge in [0.15, 0.2) is 0 Å². The second kappa shape index (κ2) is 9.12. The van der Waals surface area contributed by atoms with E-state index in [1.807, 2.05) is 42.5 Å². The fourth-order valence-electron chi connectivity index (χ4n) is 3.90.